The van der Waals surface area contributed by atoms with Crippen LogP contribution in [0, 0.1) is 11.3 Å². The summed E-state index contributed by atoms with van der Waals surface area (Å²) in [6.07, 6.45) is 9.85. The van der Waals surface area contributed by atoms with Crippen LogP contribution in [-0.4, -0.2) is 16.1 Å². The zero-order valence-corrected chi connectivity index (χ0v) is 13.0. The molecule has 1 aliphatic rings. The molecular formula is C16H27N3O. The van der Waals surface area contributed by atoms with E-state index in [4.69, 9.17) is 0 Å². The highest BCUT2D eigenvalue weighted by Crippen LogP contribution is 2.43. The van der Waals surface area contributed by atoms with E-state index in [-0.39, 0.29) is 5.56 Å². The molecule has 1 N–H and O–H groups in total. The monoisotopic (exact) mass is 277 g/mol. The number of nitrogens with zero attached hydrogens (tertiary/aromatic N) is 2. The minimum Gasteiger partial charge on any atom is -0.365 e. The maximum Gasteiger partial charge on any atom is 0.293 e. The SMILES string of the molecule is CCn1ccnc(NCC2(CC(C)C)CCCC2)c1=O. The third-order valence-electron chi connectivity index (χ3n) is 4.39. The van der Waals surface area contributed by atoms with Crippen molar-refractivity contribution in [2.24, 2.45) is 11.3 Å². The van der Waals surface area contributed by atoms with Crippen LogP contribution in [0.15, 0.2) is 17.2 Å². The van der Waals surface area contributed by atoms with Crippen LogP contribution in [-0.2, 0) is 6.54 Å². The summed E-state index contributed by atoms with van der Waals surface area (Å²) in [6.45, 7) is 8.10. The summed E-state index contributed by atoms with van der Waals surface area (Å²) in [5.74, 6) is 1.20. The van der Waals surface area contributed by atoms with Gasteiger partial charge in [-0.15, -0.1) is 0 Å². The van der Waals surface area contributed by atoms with Crippen molar-refractivity contribution in [2.75, 3.05) is 11.9 Å². The molecule has 1 heterocycles. The Bertz CT molecular complexity index is 487. The first-order chi connectivity index (χ1) is 9.56. The average molecular weight is 277 g/mol. The van der Waals surface area contributed by atoms with Crippen LogP contribution in [0.3, 0.4) is 0 Å². The Morgan fingerprint density at radius 2 is 2.10 bits per heavy atom. The average Bonchev–Trinajstić information content (AvgIpc) is 2.85. The number of nitrogens with one attached hydrogen (secondary N) is 1. The zero-order chi connectivity index (χ0) is 14.6. The van der Waals surface area contributed by atoms with Gasteiger partial charge < -0.3 is 9.88 Å². The molecule has 2 rings (SSSR count). The van der Waals surface area contributed by atoms with Crippen LogP contribution in [0.4, 0.5) is 5.82 Å². The Morgan fingerprint density at radius 3 is 2.70 bits per heavy atom. The highest BCUT2D eigenvalue weighted by Gasteiger charge is 2.34. The van der Waals surface area contributed by atoms with E-state index < -0.39 is 0 Å². The minimum absolute atomic E-state index is 0.00676. The number of hydrogen-bond acceptors (Lipinski definition) is 3. The molecular weight excluding hydrogens is 250 g/mol. The van der Waals surface area contributed by atoms with Crippen LogP contribution in [0.25, 0.3) is 0 Å². The van der Waals surface area contributed by atoms with Gasteiger partial charge in [0.15, 0.2) is 5.82 Å². The lowest BCUT2D eigenvalue weighted by atomic mass is 9.78. The first-order valence-corrected chi connectivity index (χ1v) is 7.86. The normalized spacial score (nSPS) is 17.6. The molecule has 0 aliphatic heterocycles. The summed E-state index contributed by atoms with van der Waals surface area (Å²) < 4.78 is 1.69. The molecule has 4 nitrogen and oxygen atoms in total. The first kappa shape index (κ1) is 15.1. The number of hydrogen-bond donors (Lipinski definition) is 1. The van der Waals surface area contributed by atoms with E-state index in [9.17, 15) is 4.79 Å². The fourth-order valence-corrected chi connectivity index (χ4v) is 3.53. The van der Waals surface area contributed by atoms with Crippen LogP contribution >= 0.6 is 0 Å². The number of aryl methyl sites for hydroxylation is 1. The smallest absolute Gasteiger partial charge is 0.293 e. The van der Waals surface area contributed by atoms with Crippen molar-refractivity contribution < 1.29 is 0 Å². The molecule has 112 valence electrons. The largest absolute Gasteiger partial charge is 0.365 e. The van der Waals surface area contributed by atoms with Gasteiger partial charge in [0.2, 0.25) is 0 Å². The van der Waals surface area contributed by atoms with Gasteiger partial charge in [0.05, 0.1) is 0 Å². The van der Waals surface area contributed by atoms with Crippen molar-refractivity contribution in [3.63, 3.8) is 0 Å². The Labute approximate surface area is 121 Å². The fourth-order valence-electron chi connectivity index (χ4n) is 3.53. The molecule has 0 amide bonds. The van der Waals surface area contributed by atoms with Crippen molar-refractivity contribution >= 4 is 5.82 Å². The number of aromatic nitrogens is 2. The Balaban J connectivity index is 2.08. The molecule has 1 aromatic rings. The highest BCUT2D eigenvalue weighted by atomic mass is 16.1. The molecule has 1 aliphatic carbocycles. The Morgan fingerprint density at radius 1 is 1.40 bits per heavy atom. The molecule has 0 spiro atoms. The lowest BCUT2D eigenvalue weighted by molar-refractivity contribution is 0.252. The lowest BCUT2D eigenvalue weighted by Crippen LogP contribution is -2.32. The standard InChI is InChI=1S/C16H27N3O/c1-4-19-10-9-17-14(15(19)20)18-12-16(11-13(2)3)7-5-6-8-16/h9-10,13H,4-8,11-12H2,1-3H3,(H,17,18). The minimum atomic E-state index is -0.00676. The van der Waals surface area contributed by atoms with Gasteiger partial charge in [-0.3, -0.25) is 4.79 Å². The third-order valence-corrected chi connectivity index (χ3v) is 4.39. The second-order valence-electron chi connectivity index (χ2n) is 6.53. The molecule has 0 unspecified atom stereocenters. The van der Waals surface area contributed by atoms with Crippen molar-refractivity contribution in [1.29, 1.82) is 0 Å². The molecule has 0 radical (unpaired) electrons. The maximum absolute atomic E-state index is 12.2. The van der Waals surface area contributed by atoms with Crippen molar-refractivity contribution in [3.05, 3.63) is 22.7 Å². The lowest BCUT2D eigenvalue weighted by Gasteiger charge is -2.31. The van der Waals surface area contributed by atoms with Gasteiger partial charge in [-0.05, 0) is 37.5 Å². The number of rotatable bonds is 6. The second-order valence-corrected chi connectivity index (χ2v) is 6.53. The topological polar surface area (TPSA) is 46.9 Å². The van der Waals surface area contributed by atoms with E-state index in [0.29, 0.717) is 23.7 Å². The van der Waals surface area contributed by atoms with E-state index in [2.05, 4.69) is 24.1 Å². The fraction of sp³-hybridized carbons (Fsp3) is 0.750. The van der Waals surface area contributed by atoms with E-state index in [0.717, 1.165) is 6.54 Å². The third kappa shape index (κ3) is 3.41. The first-order valence-electron chi connectivity index (χ1n) is 7.86. The van der Waals surface area contributed by atoms with Crippen LogP contribution in [0.2, 0.25) is 0 Å². The van der Waals surface area contributed by atoms with Gasteiger partial charge in [-0.2, -0.15) is 0 Å². The second kappa shape index (κ2) is 6.42. The van der Waals surface area contributed by atoms with Gasteiger partial charge in [-0.1, -0.05) is 26.7 Å². The molecule has 4 heteroatoms. The van der Waals surface area contributed by atoms with E-state index >= 15 is 0 Å². The molecule has 20 heavy (non-hydrogen) atoms. The molecule has 1 aromatic heterocycles. The predicted molar refractivity (Wildman–Crippen MR) is 83.0 cm³/mol. The summed E-state index contributed by atoms with van der Waals surface area (Å²) in [4.78, 5) is 16.4. The van der Waals surface area contributed by atoms with Gasteiger partial charge in [0.25, 0.3) is 5.56 Å². The van der Waals surface area contributed by atoms with E-state index in [1.807, 2.05) is 6.92 Å². The Kier molecular flexibility index (Phi) is 4.84. The molecule has 0 bridgehead atoms. The highest BCUT2D eigenvalue weighted by molar-refractivity contribution is 5.31. The zero-order valence-electron chi connectivity index (χ0n) is 13.0. The summed E-state index contributed by atoms with van der Waals surface area (Å²) in [7, 11) is 0. The molecule has 1 fully saturated rings. The summed E-state index contributed by atoms with van der Waals surface area (Å²) in [5, 5.41) is 3.33. The van der Waals surface area contributed by atoms with Crippen LogP contribution in [0.1, 0.15) is 52.9 Å². The Hall–Kier alpha value is -1.32. The van der Waals surface area contributed by atoms with Crippen molar-refractivity contribution in [1.82, 2.24) is 9.55 Å². The molecule has 0 saturated heterocycles. The summed E-state index contributed by atoms with van der Waals surface area (Å²) >= 11 is 0. The molecule has 0 atom stereocenters. The van der Waals surface area contributed by atoms with Crippen molar-refractivity contribution in [2.45, 2.75) is 59.4 Å². The van der Waals surface area contributed by atoms with Crippen molar-refractivity contribution in [3.8, 4) is 0 Å². The van der Waals surface area contributed by atoms with Crippen LogP contribution in [0.5, 0.6) is 0 Å². The van der Waals surface area contributed by atoms with Gasteiger partial charge in [0.1, 0.15) is 0 Å². The van der Waals surface area contributed by atoms with Gasteiger partial charge in [0, 0.05) is 25.5 Å². The van der Waals surface area contributed by atoms with E-state index in [1.54, 1.807) is 17.0 Å². The molecule has 1 saturated carbocycles. The van der Waals surface area contributed by atoms with Gasteiger partial charge in [-0.25, -0.2) is 4.98 Å². The molecule has 0 aromatic carbocycles. The van der Waals surface area contributed by atoms with E-state index in [1.165, 1.54) is 32.1 Å². The summed E-state index contributed by atoms with van der Waals surface area (Å²) in [5.41, 5.74) is 0.350. The maximum atomic E-state index is 12.2. The van der Waals surface area contributed by atoms with Crippen LogP contribution < -0.4 is 10.9 Å². The number of anilines is 1. The predicted octanol–water partition coefficient (Wildman–Crippen LogP) is 3.28. The summed E-state index contributed by atoms with van der Waals surface area (Å²) in [6, 6.07) is 0. The quantitative estimate of drug-likeness (QED) is 0.868. The van der Waals surface area contributed by atoms with Gasteiger partial charge >= 0.3 is 0 Å².